The maximum absolute atomic E-state index is 12.6. The Morgan fingerprint density at radius 2 is 2.07 bits per heavy atom. The molecule has 1 aromatic carbocycles. The van der Waals surface area contributed by atoms with Crippen molar-refractivity contribution in [1.82, 2.24) is 4.98 Å². The van der Waals surface area contributed by atoms with Crippen molar-refractivity contribution in [1.29, 1.82) is 0 Å². The van der Waals surface area contributed by atoms with Gasteiger partial charge in [0, 0.05) is 10.9 Å². The van der Waals surface area contributed by atoms with Crippen LogP contribution in [0.2, 0.25) is 0 Å². The van der Waals surface area contributed by atoms with Crippen LogP contribution in [0.15, 0.2) is 35.7 Å². The van der Waals surface area contributed by atoms with Crippen molar-refractivity contribution >= 4 is 17.1 Å². The third-order valence-electron chi connectivity index (χ3n) is 1.93. The van der Waals surface area contributed by atoms with Gasteiger partial charge in [0.05, 0.1) is 6.42 Å². The van der Waals surface area contributed by atoms with Crippen molar-refractivity contribution in [3.63, 3.8) is 0 Å². The molecule has 0 spiro atoms. The van der Waals surface area contributed by atoms with E-state index in [-0.39, 0.29) is 12.2 Å². The lowest BCUT2D eigenvalue weighted by Crippen LogP contribution is -2.02. The lowest BCUT2D eigenvalue weighted by Gasteiger charge is -1.96. The first-order valence-corrected chi connectivity index (χ1v) is 5.32. The minimum absolute atomic E-state index is 0.0371. The number of halogens is 1. The van der Waals surface area contributed by atoms with E-state index in [9.17, 15) is 9.18 Å². The first-order valence-electron chi connectivity index (χ1n) is 4.44. The Hall–Kier alpha value is -1.55. The standard InChI is InChI=1S/C11H8FNOS/c12-10-7-15-11(13-10)6-9(14)8-4-2-1-3-5-8/h1-5,7H,6H2. The van der Waals surface area contributed by atoms with Crippen molar-refractivity contribution in [2.75, 3.05) is 0 Å². The fourth-order valence-corrected chi connectivity index (χ4v) is 1.87. The minimum Gasteiger partial charge on any atom is -0.294 e. The highest BCUT2D eigenvalue weighted by molar-refractivity contribution is 7.09. The molecule has 0 N–H and O–H groups in total. The van der Waals surface area contributed by atoms with Crippen molar-refractivity contribution in [2.45, 2.75) is 6.42 Å². The van der Waals surface area contributed by atoms with Crippen molar-refractivity contribution < 1.29 is 9.18 Å². The number of ketones is 1. The zero-order valence-electron chi connectivity index (χ0n) is 7.81. The number of carbonyl (C=O) groups is 1. The molecule has 0 radical (unpaired) electrons. The van der Waals surface area contributed by atoms with Gasteiger partial charge in [0.2, 0.25) is 5.95 Å². The van der Waals surface area contributed by atoms with Crippen LogP contribution in [-0.2, 0) is 6.42 Å². The van der Waals surface area contributed by atoms with Crippen LogP contribution in [0.1, 0.15) is 15.4 Å². The molecular formula is C11H8FNOS. The van der Waals surface area contributed by atoms with Gasteiger partial charge in [-0.2, -0.15) is 4.39 Å². The second-order valence-corrected chi connectivity index (χ2v) is 3.97. The normalized spacial score (nSPS) is 10.2. The van der Waals surface area contributed by atoms with E-state index in [0.717, 1.165) is 0 Å². The molecule has 0 aliphatic carbocycles. The Morgan fingerprint density at radius 3 is 2.67 bits per heavy atom. The van der Waals surface area contributed by atoms with Crippen molar-refractivity contribution in [3.05, 3.63) is 52.2 Å². The Morgan fingerprint density at radius 1 is 1.33 bits per heavy atom. The summed E-state index contributed by atoms with van der Waals surface area (Å²) in [6.07, 6.45) is 0.165. The molecule has 2 aromatic rings. The predicted molar refractivity (Wildman–Crippen MR) is 56.5 cm³/mol. The molecule has 0 bridgehead atoms. The third-order valence-corrected chi connectivity index (χ3v) is 2.75. The fraction of sp³-hybridized carbons (Fsp3) is 0.0909. The lowest BCUT2D eigenvalue weighted by molar-refractivity contribution is 0.0993. The van der Waals surface area contributed by atoms with Crippen molar-refractivity contribution in [2.24, 2.45) is 0 Å². The van der Waals surface area contributed by atoms with Crippen LogP contribution in [0, 0.1) is 5.95 Å². The molecule has 1 aromatic heterocycles. The molecular weight excluding hydrogens is 213 g/mol. The third kappa shape index (κ3) is 2.47. The number of Topliss-reactive ketones (excluding diaryl/α,β-unsaturated/α-hetero) is 1. The highest BCUT2D eigenvalue weighted by Crippen LogP contribution is 2.11. The molecule has 4 heteroatoms. The molecule has 0 unspecified atom stereocenters. The first-order chi connectivity index (χ1) is 7.25. The number of nitrogens with zero attached hydrogens (tertiary/aromatic N) is 1. The quantitative estimate of drug-likeness (QED) is 0.746. The van der Waals surface area contributed by atoms with Crippen LogP contribution in [0.25, 0.3) is 0 Å². The van der Waals surface area contributed by atoms with Crippen LogP contribution in [-0.4, -0.2) is 10.8 Å². The summed E-state index contributed by atoms with van der Waals surface area (Å²) in [6.45, 7) is 0. The van der Waals surface area contributed by atoms with Gasteiger partial charge >= 0.3 is 0 Å². The summed E-state index contributed by atoms with van der Waals surface area (Å²) in [5.74, 6) is -0.555. The highest BCUT2D eigenvalue weighted by Gasteiger charge is 2.09. The molecule has 0 amide bonds. The second-order valence-electron chi connectivity index (χ2n) is 3.03. The van der Waals surface area contributed by atoms with Gasteiger partial charge in [0.1, 0.15) is 5.01 Å². The summed E-state index contributed by atoms with van der Waals surface area (Å²) < 4.78 is 12.6. The number of hydrogen-bond donors (Lipinski definition) is 0. The zero-order chi connectivity index (χ0) is 10.7. The average molecular weight is 221 g/mol. The largest absolute Gasteiger partial charge is 0.294 e. The topological polar surface area (TPSA) is 30.0 Å². The van der Waals surface area contributed by atoms with Crippen LogP contribution in [0.3, 0.4) is 0 Å². The Kier molecular flexibility index (Phi) is 2.87. The number of hydrogen-bond acceptors (Lipinski definition) is 3. The van der Waals surface area contributed by atoms with E-state index in [1.807, 2.05) is 6.07 Å². The summed E-state index contributed by atoms with van der Waals surface area (Å²) in [6, 6.07) is 8.93. The van der Waals surface area contributed by atoms with Crippen LogP contribution in [0.4, 0.5) is 4.39 Å². The lowest BCUT2D eigenvalue weighted by atomic mass is 10.1. The minimum atomic E-state index is -0.518. The maximum Gasteiger partial charge on any atom is 0.223 e. The smallest absolute Gasteiger partial charge is 0.223 e. The molecule has 1 heterocycles. The Balaban J connectivity index is 2.11. The van der Waals surface area contributed by atoms with Gasteiger partial charge in [-0.1, -0.05) is 30.3 Å². The fourth-order valence-electron chi connectivity index (χ4n) is 1.23. The highest BCUT2D eigenvalue weighted by atomic mass is 32.1. The zero-order valence-corrected chi connectivity index (χ0v) is 8.63. The molecule has 0 fully saturated rings. The molecule has 0 saturated carbocycles. The number of thiazole rings is 1. The SMILES string of the molecule is O=C(Cc1nc(F)cs1)c1ccccc1. The maximum atomic E-state index is 12.6. The van der Waals surface area contributed by atoms with E-state index in [1.54, 1.807) is 24.3 Å². The summed E-state index contributed by atoms with van der Waals surface area (Å²) in [5, 5.41) is 1.81. The molecule has 0 aliphatic heterocycles. The molecule has 0 atom stereocenters. The monoisotopic (exact) mass is 221 g/mol. The van der Waals surface area contributed by atoms with E-state index in [2.05, 4.69) is 4.98 Å². The van der Waals surface area contributed by atoms with Crippen molar-refractivity contribution in [3.8, 4) is 0 Å². The van der Waals surface area contributed by atoms with E-state index >= 15 is 0 Å². The van der Waals surface area contributed by atoms with Gasteiger partial charge in [-0.3, -0.25) is 4.79 Å². The van der Waals surface area contributed by atoms with E-state index in [1.165, 1.54) is 16.7 Å². The van der Waals surface area contributed by atoms with Gasteiger partial charge in [-0.25, -0.2) is 4.98 Å². The molecule has 2 rings (SSSR count). The van der Waals surface area contributed by atoms with E-state index in [4.69, 9.17) is 0 Å². The molecule has 0 aliphatic rings. The van der Waals surface area contributed by atoms with E-state index < -0.39 is 5.95 Å². The van der Waals surface area contributed by atoms with Gasteiger partial charge in [-0.15, -0.1) is 11.3 Å². The van der Waals surface area contributed by atoms with Gasteiger partial charge in [0.15, 0.2) is 5.78 Å². The van der Waals surface area contributed by atoms with Crippen LogP contribution in [0.5, 0.6) is 0 Å². The number of rotatable bonds is 3. The first kappa shape index (κ1) is 9.98. The van der Waals surface area contributed by atoms with Crippen LogP contribution < -0.4 is 0 Å². The summed E-state index contributed by atoms with van der Waals surface area (Å²) in [5.41, 5.74) is 0.633. The van der Waals surface area contributed by atoms with Crippen LogP contribution >= 0.6 is 11.3 Å². The number of aromatic nitrogens is 1. The Bertz CT molecular complexity index is 466. The van der Waals surface area contributed by atoms with Gasteiger partial charge < -0.3 is 0 Å². The summed E-state index contributed by atoms with van der Waals surface area (Å²) in [4.78, 5) is 15.3. The number of benzene rings is 1. The second kappa shape index (κ2) is 4.31. The molecule has 0 saturated heterocycles. The van der Waals surface area contributed by atoms with Gasteiger partial charge in [0.25, 0.3) is 0 Å². The summed E-state index contributed by atoms with van der Waals surface area (Å²) in [7, 11) is 0. The molecule has 2 nitrogen and oxygen atoms in total. The average Bonchev–Trinajstić information content (AvgIpc) is 2.65. The Labute approximate surface area is 90.4 Å². The molecule has 15 heavy (non-hydrogen) atoms. The molecule has 76 valence electrons. The predicted octanol–water partition coefficient (Wildman–Crippen LogP) is 2.71. The van der Waals surface area contributed by atoms with E-state index in [0.29, 0.717) is 10.6 Å². The van der Waals surface area contributed by atoms with Gasteiger partial charge in [-0.05, 0) is 0 Å². The summed E-state index contributed by atoms with van der Waals surface area (Å²) >= 11 is 1.17. The number of carbonyl (C=O) groups excluding carboxylic acids is 1.